The van der Waals surface area contributed by atoms with Gasteiger partial charge in [-0.05, 0) is 43.4 Å². The van der Waals surface area contributed by atoms with Crippen molar-refractivity contribution in [3.05, 3.63) is 0 Å². The van der Waals surface area contributed by atoms with Crippen LogP contribution in [0.3, 0.4) is 0 Å². The summed E-state index contributed by atoms with van der Waals surface area (Å²) in [5, 5.41) is 10.6. The zero-order chi connectivity index (χ0) is 66.6. The Labute approximate surface area is 549 Å². The summed E-state index contributed by atoms with van der Waals surface area (Å²) in [4.78, 5) is 72.6. The van der Waals surface area contributed by atoms with Crippen LogP contribution in [0, 0.1) is 17.8 Å². The third-order valence-electron chi connectivity index (χ3n) is 16.7. The summed E-state index contributed by atoms with van der Waals surface area (Å²) in [6, 6.07) is 0. The summed E-state index contributed by atoms with van der Waals surface area (Å²) in [6.45, 7) is 11.8. The average Bonchev–Trinajstić information content (AvgIpc) is 3.71. The smallest absolute Gasteiger partial charge is 0.462 e. The van der Waals surface area contributed by atoms with Crippen LogP contribution >= 0.6 is 15.6 Å². The summed E-state index contributed by atoms with van der Waals surface area (Å²) < 4.78 is 68.3. The van der Waals surface area contributed by atoms with Crippen LogP contribution in [-0.4, -0.2) is 96.7 Å². The molecule has 90 heavy (non-hydrogen) atoms. The van der Waals surface area contributed by atoms with Crippen molar-refractivity contribution in [1.29, 1.82) is 0 Å². The Morgan fingerprint density at radius 3 is 0.844 bits per heavy atom. The van der Waals surface area contributed by atoms with Gasteiger partial charge in [-0.15, -0.1) is 0 Å². The molecule has 0 radical (unpaired) electrons. The van der Waals surface area contributed by atoms with E-state index >= 15 is 0 Å². The van der Waals surface area contributed by atoms with Crippen molar-refractivity contribution < 1.29 is 80.2 Å². The van der Waals surface area contributed by atoms with Crippen LogP contribution in [-0.2, 0) is 65.4 Å². The van der Waals surface area contributed by atoms with Gasteiger partial charge in [0.25, 0.3) is 0 Å². The largest absolute Gasteiger partial charge is 0.472 e. The molecule has 0 aliphatic rings. The highest BCUT2D eigenvalue weighted by Crippen LogP contribution is 2.45. The first kappa shape index (κ1) is 88.1. The first-order chi connectivity index (χ1) is 43.3. The molecule has 0 fully saturated rings. The Bertz CT molecular complexity index is 1770. The van der Waals surface area contributed by atoms with Crippen molar-refractivity contribution in [2.75, 3.05) is 39.6 Å². The molecule has 0 aliphatic heterocycles. The second kappa shape index (κ2) is 61.9. The van der Waals surface area contributed by atoms with E-state index in [1.165, 1.54) is 161 Å². The van der Waals surface area contributed by atoms with Crippen molar-refractivity contribution in [2.24, 2.45) is 17.8 Å². The molecule has 17 nitrogen and oxygen atoms in total. The van der Waals surface area contributed by atoms with Crippen LogP contribution in [0.25, 0.3) is 0 Å². The minimum absolute atomic E-state index is 0.106. The number of rotatable bonds is 69. The molecule has 0 aliphatic carbocycles. The summed E-state index contributed by atoms with van der Waals surface area (Å²) in [7, 11) is -9.90. The number of phosphoric acid groups is 2. The minimum Gasteiger partial charge on any atom is -0.462 e. The van der Waals surface area contributed by atoms with Crippen LogP contribution in [0.1, 0.15) is 357 Å². The lowest BCUT2D eigenvalue weighted by Gasteiger charge is -2.21. The van der Waals surface area contributed by atoms with Gasteiger partial charge < -0.3 is 33.8 Å². The molecule has 0 saturated carbocycles. The van der Waals surface area contributed by atoms with E-state index in [1.807, 2.05) is 0 Å². The summed E-state index contributed by atoms with van der Waals surface area (Å²) >= 11 is 0. The van der Waals surface area contributed by atoms with Gasteiger partial charge in [-0.1, -0.05) is 305 Å². The molecule has 3 unspecified atom stereocenters. The molecule has 0 saturated heterocycles. The molecule has 0 rings (SSSR count). The quantitative estimate of drug-likeness (QED) is 0.0222. The first-order valence-electron chi connectivity index (χ1n) is 36.9. The molecule has 0 aromatic heterocycles. The van der Waals surface area contributed by atoms with E-state index in [9.17, 15) is 43.2 Å². The van der Waals surface area contributed by atoms with Crippen LogP contribution in [0.15, 0.2) is 0 Å². The highest BCUT2D eigenvalue weighted by Gasteiger charge is 2.30. The highest BCUT2D eigenvalue weighted by atomic mass is 31.2. The molecule has 534 valence electrons. The maximum absolute atomic E-state index is 13.0. The predicted octanol–water partition coefficient (Wildman–Crippen LogP) is 20.2. The fraction of sp³-hybridized carbons (Fsp3) is 0.944. The molecule has 0 bridgehead atoms. The number of unbranched alkanes of at least 4 members (excludes halogenated alkanes) is 36. The van der Waals surface area contributed by atoms with Gasteiger partial charge >= 0.3 is 39.5 Å². The number of ether oxygens (including phenoxy) is 4. The molecule has 0 aromatic carbocycles. The number of hydrogen-bond acceptors (Lipinski definition) is 15. The van der Waals surface area contributed by atoms with E-state index < -0.39 is 97.5 Å². The van der Waals surface area contributed by atoms with Gasteiger partial charge in [0, 0.05) is 25.7 Å². The monoisotopic (exact) mass is 1320 g/mol. The second-order valence-corrected chi connectivity index (χ2v) is 29.7. The SMILES string of the molecule is CCCCCCCCCCCCCCC(=O)O[C@H](COC(=O)CCCCCCCCC(C)CC)COP(=O)(O)OC[C@H](O)COP(=O)(O)OC[C@@H](COC(=O)CCCCCCCCCCCCCC(C)C)OC(=O)CCCCCCCCCCCCCC(C)C. The third-order valence-corrected chi connectivity index (χ3v) is 18.6. The zero-order valence-corrected chi connectivity index (χ0v) is 60.4. The lowest BCUT2D eigenvalue weighted by atomic mass is 10.00. The lowest BCUT2D eigenvalue weighted by Crippen LogP contribution is -2.30. The van der Waals surface area contributed by atoms with Gasteiger partial charge in [-0.3, -0.25) is 37.3 Å². The predicted molar refractivity (Wildman–Crippen MR) is 363 cm³/mol. The zero-order valence-electron chi connectivity index (χ0n) is 58.6. The molecule has 0 heterocycles. The molecular formula is C71H138O17P2. The second-order valence-electron chi connectivity index (χ2n) is 26.8. The van der Waals surface area contributed by atoms with Crippen molar-refractivity contribution >= 4 is 39.5 Å². The van der Waals surface area contributed by atoms with Crippen molar-refractivity contribution in [3.8, 4) is 0 Å². The lowest BCUT2D eigenvalue weighted by molar-refractivity contribution is -0.161. The van der Waals surface area contributed by atoms with E-state index in [4.69, 9.17) is 37.0 Å². The Morgan fingerprint density at radius 2 is 0.567 bits per heavy atom. The molecule has 0 spiro atoms. The van der Waals surface area contributed by atoms with Gasteiger partial charge in [-0.2, -0.15) is 0 Å². The Morgan fingerprint density at radius 1 is 0.322 bits per heavy atom. The number of phosphoric ester groups is 2. The maximum Gasteiger partial charge on any atom is 0.472 e. The maximum atomic E-state index is 13.0. The van der Waals surface area contributed by atoms with Gasteiger partial charge in [0.2, 0.25) is 0 Å². The highest BCUT2D eigenvalue weighted by molar-refractivity contribution is 7.47. The summed E-state index contributed by atoms with van der Waals surface area (Å²) in [5.74, 6) is 0.143. The first-order valence-corrected chi connectivity index (χ1v) is 39.9. The normalized spacial score (nSPS) is 14.5. The van der Waals surface area contributed by atoms with Gasteiger partial charge in [0.1, 0.15) is 19.3 Å². The molecule has 3 N–H and O–H groups in total. The van der Waals surface area contributed by atoms with E-state index in [0.29, 0.717) is 25.7 Å². The molecule has 6 atom stereocenters. The Hall–Kier alpha value is -1.94. The number of aliphatic hydroxyl groups excluding tert-OH is 1. The van der Waals surface area contributed by atoms with Gasteiger partial charge in [0.05, 0.1) is 26.4 Å². The van der Waals surface area contributed by atoms with E-state index in [0.717, 1.165) is 114 Å². The molecule has 19 heteroatoms. The fourth-order valence-corrected chi connectivity index (χ4v) is 12.3. The Balaban J connectivity index is 5.26. The standard InChI is InChI=1S/C71H138O17P2/c1-8-10-11-12-13-14-15-20-26-31-40-47-54-70(75)88-67(59-82-69(74)53-46-39-34-33-37-44-51-64(7)9-2)61-86-90(79,80)84-57-65(72)56-83-89(77,78)85-60-66(87-71(76)55-48-41-32-27-22-17-19-24-29-36-43-50-63(5)6)58-81-68(73)52-45-38-30-25-21-16-18-23-28-35-42-49-62(3)4/h62-67,72H,8-61H2,1-7H3,(H,77,78)(H,79,80)/t64?,65-,66-,67-/m1/s1. The number of carbonyl (C=O) groups excluding carboxylic acids is 4. The van der Waals surface area contributed by atoms with Crippen molar-refractivity contribution in [2.45, 2.75) is 375 Å². The number of esters is 4. The molecular weight excluding hydrogens is 1190 g/mol. The molecule has 0 aromatic rings. The minimum atomic E-state index is -4.95. The third kappa shape index (κ3) is 63.5. The van der Waals surface area contributed by atoms with Crippen molar-refractivity contribution in [1.82, 2.24) is 0 Å². The van der Waals surface area contributed by atoms with Crippen LogP contribution < -0.4 is 0 Å². The van der Waals surface area contributed by atoms with Crippen LogP contribution in [0.2, 0.25) is 0 Å². The average molecular weight is 1330 g/mol. The summed E-state index contributed by atoms with van der Waals surface area (Å²) in [5.41, 5.74) is 0. The Kier molecular flexibility index (Phi) is 60.6. The van der Waals surface area contributed by atoms with E-state index in [2.05, 4.69) is 48.5 Å². The molecule has 0 amide bonds. The van der Waals surface area contributed by atoms with Gasteiger partial charge in [-0.25, -0.2) is 9.13 Å². The number of aliphatic hydroxyl groups is 1. The van der Waals surface area contributed by atoms with Crippen molar-refractivity contribution in [3.63, 3.8) is 0 Å². The number of hydrogen-bond donors (Lipinski definition) is 3. The van der Waals surface area contributed by atoms with E-state index in [-0.39, 0.29) is 25.7 Å². The van der Waals surface area contributed by atoms with Crippen LogP contribution in [0.5, 0.6) is 0 Å². The van der Waals surface area contributed by atoms with Gasteiger partial charge in [0.15, 0.2) is 12.2 Å². The van der Waals surface area contributed by atoms with Crippen LogP contribution in [0.4, 0.5) is 0 Å². The number of carbonyl (C=O) groups is 4. The summed E-state index contributed by atoms with van der Waals surface area (Å²) in [6.07, 6.45) is 45.7. The topological polar surface area (TPSA) is 237 Å². The fourth-order valence-electron chi connectivity index (χ4n) is 10.7. The van der Waals surface area contributed by atoms with E-state index in [1.54, 1.807) is 0 Å².